The average molecular weight is 247 g/mol. The van der Waals surface area contributed by atoms with E-state index in [-0.39, 0.29) is 5.69 Å². The Hall–Kier alpha value is -1.75. The number of hydrogen-bond acceptors (Lipinski definition) is 4. The van der Waals surface area contributed by atoms with Crippen LogP contribution in [0.1, 0.15) is 24.8 Å². The summed E-state index contributed by atoms with van der Waals surface area (Å²) >= 11 is 0. The van der Waals surface area contributed by atoms with Crippen molar-refractivity contribution in [1.29, 1.82) is 0 Å². The number of nitrogens with zero attached hydrogens (tertiary/aromatic N) is 2. The lowest BCUT2D eigenvalue weighted by Gasteiger charge is -2.07. The minimum atomic E-state index is -0.393. The fraction of sp³-hybridized carbons (Fsp3) is 0.462. The predicted molar refractivity (Wildman–Crippen MR) is 71.2 cm³/mol. The lowest BCUT2D eigenvalue weighted by atomic mass is 10.1. The molecule has 0 bridgehead atoms. The summed E-state index contributed by atoms with van der Waals surface area (Å²) in [6, 6.07) is 6.79. The Morgan fingerprint density at radius 3 is 2.83 bits per heavy atom. The van der Waals surface area contributed by atoms with E-state index >= 15 is 0 Å². The van der Waals surface area contributed by atoms with Gasteiger partial charge in [-0.05, 0) is 37.1 Å². The second-order valence-corrected chi connectivity index (χ2v) is 4.48. The first-order valence-electron chi connectivity index (χ1n) is 6.24. The van der Waals surface area contributed by atoms with E-state index in [9.17, 15) is 10.1 Å². The zero-order chi connectivity index (χ0) is 12.8. The molecule has 1 saturated heterocycles. The van der Waals surface area contributed by atoms with Crippen LogP contribution in [0.4, 0.5) is 5.69 Å². The summed E-state index contributed by atoms with van der Waals surface area (Å²) in [7, 11) is 0. The maximum atomic E-state index is 10.5. The van der Waals surface area contributed by atoms with Gasteiger partial charge in [-0.15, -0.1) is 0 Å². The van der Waals surface area contributed by atoms with Crippen LogP contribution in [0.25, 0.3) is 0 Å². The second kappa shape index (κ2) is 6.26. The number of hydrogen-bond donors (Lipinski definition) is 1. The molecule has 0 amide bonds. The van der Waals surface area contributed by atoms with Gasteiger partial charge in [0.2, 0.25) is 0 Å². The van der Waals surface area contributed by atoms with Crippen molar-refractivity contribution in [2.75, 3.05) is 13.1 Å². The van der Waals surface area contributed by atoms with Gasteiger partial charge < -0.3 is 5.32 Å². The van der Waals surface area contributed by atoms with E-state index in [1.807, 2.05) is 0 Å². The van der Waals surface area contributed by atoms with Crippen LogP contribution < -0.4 is 5.32 Å². The number of non-ortho nitro benzene ring substituents is 1. The molecular weight excluding hydrogens is 230 g/mol. The Labute approximate surface area is 106 Å². The third-order valence-corrected chi connectivity index (χ3v) is 3.06. The molecule has 5 nitrogen and oxygen atoms in total. The Morgan fingerprint density at radius 1 is 1.33 bits per heavy atom. The minimum absolute atomic E-state index is 0.114. The zero-order valence-electron chi connectivity index (χ0n) is 10.2. The third-order valence-electron chi connectivity index (χ3n) is 3.06. The van der Waals surface area contributed by atoms with Gasteiger partial charge in [-0.25, -0.2) is 0 Å². The third kappa shape index (κ3) is 3.63. The molecule has 0 radical (unpaired) electrons. The fourth-order valence-corrected chi connectivity index (χ4v) is 2.00. The first-order chi connectivity index (χ1) is 8.75. The fourth-order valence-electron chi connectivity index (χ4n) is 2.00. The van der Waals surface area contributed by atoms with E-state index in [0.717, 1.165) is 25.1 Å². The van der Waals surface area contributed by atoms with Crippen LogP contribution in [0.3, 0.4) is 0 Å². The lowest BCUT2D eigenvalue weighted by Crippen LogP contribution is -2.23. The molecule has 1 atom stereocenters. The quantitative estimate of drug-likeness (QED) is 0.505. The number of nitrogens with one attached hydrogen (secondary N) is 1. The summed E-state index contributed by atoms with van der Waals surface area (Å²) in [5.74, 6) is 0. The van der Waals surface area contributed by atoms with Gasteiger partial charge in [0.1, 0.15) is 0 Å². The molecule has 1 aliphatic rings. The van der Waals surface area contributed by atoms with E-state index < -0.39 is 4.92 Å². The van der Waals surface area contributed by atoms with E-state index in [1.54, 1.807) is 18.3 Å². The van der Waals surface area contributed by atoms with Crippen molar-refractivity contribution in [2.45, 2.75) is 25.3 Å². The van der Waals surface area contributed by atoms with E-state index in [2.05, 4.69) is 10.3 Å². The van der Waals surface area contributed by atoms with Crippen molar-refractivity contribution in [3.05, 3.63) is 39.9 Å². The molecule has 0 aliphatic carbocycles. The number of aliphatic imine (C=N–C) groups is 1. The molecular formula is C13H17N3O2. The molecule has 1 aliphatic heterocycles. The Kier molecular flexibility index (Phi) is 4.41. The molecule has 18 heavy (non-hydrogen) atoms. The van der Waals surface area contributed by atoms with Crippen molar-refractivity contribution in [2.24, 2.45) is 4.99 Å². The van der Waals surface area contributed by atoms with Crippen molar-refractivity contribution in [1.82, 2.24) is 5.32 Å². The molecule has 1 aromatic rings. The summed E-state index contributed by atoms with van der Waals surface area (Å²) in [6.45, 7) is 1.99. The first kappa shape index (κ1) is 12.7. The summed E-state index contributed by atoms with van der Waals surface area (Å²) in [5.41, 5.74) is 1.02. The van der Waals surface area contributed by atoms with Crippen molar-refractivity contribution in [3.8, 4) is 0 Å². The van der Waals surface area contributed by atoms with Crippen LogP contribution in [0.5, 0.6) is 0 Å². The summed E-state index contributed by atoms with van der Waals surface area (Å²) in [6.07, 6.45) is 5.33. The lowest BCUT2D eigenvalue weighted by molar-refractivity contribution is -0.384. The molecule has 0 aromatic heterocycles. The van der Waals surface area contributed by atoms with Gasteiger partial charge in [0, 0.05) is 24.9 Å². The van der Waals surface area contributed by atoms with Gasteiger partial charge in [-0.3, -0.25) is 15.1 Å². The Morgan fingerprint density at radius 2 is 2.11 bits per heavy atom. The highest BCUT2D eigenvalue weighted by Gasteiger charge is 2.09. The van der Waals surface area contributed by atoms with Gasteiger partial charge in [0.05, 0.1) is 11.0 Å². The van der Waals surface area contributed by atoms with Crippen LogP contribution in [-0.2, 0) is 0 Å². The number of rotatable bonds is 3. The summed E-state index contributed by atoms with van der Waals surface area (Å²) in [5, 5.41) is 13.9. The minimum Gasteiger partial charge on any atom is -0.315 e. The number of benzene rings is 1. The predicted octanol–water partition coefficient (Wildman–Crippen LogP) is 2.16. The van der Waals surface area contributed by atoms with Crippen molar-refractivity contribution in [3.63, 3.8) is 0 Å². The largest absolute Gasteiger partial charge is 0.315 e. The van der Waals surface area contributed by atoms with Crippen LogP contribution in [0, 0.1) is 10.1 Å². The van der Waals surface area contributed by atoms with Crippen LogP contribution in [0.15, 0.2) is 29.3 Å². The summed E-state index contributed by atoms with van der Waals surface area (Å²) < 4.78 is 0. The van der Waals surface area contributed by atoms with E-state index in [1.165, 1.54) is 25.0 Å². The SMILES string of the molecule is O=[N+]([O-])c1ccc(C=N[C@H]2CCCCNC2)cc1. The molecule has 0 saturated carbocycles. The smallest absolute Gasteiger partial charge is 0.269 e. The van der Waals surface area contributed by atoms with Gasteiger partial charge in [-0.2, -0.15) is 0 Å². The second-order valence-electron chi connectivity index (χ2n) is 4.48. The molecule has 2 rings (SSSR count). The van der Waals surface area contributed by atoms with Gasteiger partial charge in [0.15, 0.2) is 0 Å². The summed E-state index contributed by atoms with van der Waals surface area (Å²) in [4.78, 5) is 14.7. The van der Waals surface area contributed by atoms with Gasteiger partial charge in [-0.1, -0.05) is 6.42 Å². The standard InChI is InChI=1S/C13H17N3O2/c17-16(18)13-6-4-11(5-7-13)9-15-12-3-1-2-8-14-10-12/h4-7,9,12,14H,1-3,8,10H2/t12-/m0/s1. The van der Waals surface area contributed by atoms with E-state index in [0.29, 0.717) is 6.04 Å². The Balaban J connectivity index is 1.97. The molecule has 0 unspecified atom stereocenters. The van der Waals surface area contributed by atoms with Gasteiger partial charge in [0.25, 0.3) is 5.69 Å². The maximum Gasteiger partial charge on any atom is 0.269 e. The molecule has 96 valence electrons. The van der Waals surface area contributed by atoms with Crippen molar-refractivity contribution >= 4 is 11.9 Å². The van der Waals surface area contributed by atoms with Crippen molar-refractivity contribution < 1.29 is 4.92 Å². The maximum absolute atomic E-state index is 10.5. The van der Waals surface area contributed by atoms with Crippen LogP contribution >= 0.6 is 0 Å². The molecule has 5 heteroatoms. The zero-order valence-corrected chi connectivity index (χ0v) is 10.2. The van der Waals surface area contributed by atoms with Crippen LogP contribution in [-0.4, -0.2) is 30.3 Å². The number of nitro benzene ring substituents is 1. The average Bonchev–Trinajstić information content (AvgIpc) is 2.65. The molecule has 1 N–H and O–H groups in total. The first-order valence-corrected chi connectivity index (χ1v) is 6.24. The molecule has 1 fully saturated rings. The highest BCUT2D eigenvalue weighted by atomic mass is 16.6. The topological polar surface area (TPSA) is 67.5 Å². The Bertz CT molecular complexity index is 420. The normalized spacial score (nSPS) is 20.8. The molecule has 0 spiro atoms. The molecule has 1 heterocycles. The molecule has 1 aromatic carbocycles. The van der Waals surface area contributed by atoms with Crippen LogP contribution in [0.2, 0.25) is 0 Å². The van der Waals surface area contributed by atoms with E-state index in [4.69, 9.17) is 0 Å². The monoisotopic (exact) mass is 247 g/mol. The van der Waals surface area contributed by atoms with Gasteiger partial charge >= 0.3 is 0 Å². The highest BCUT2D eigenvalue weighted by Crippen LogP contribution is 2.12. The number of nitro groups is 1. The highest BCUT2D eigenvalue weighted by molar-refractivity contribution is 5.80.